The number of carbonyl (C=O) groups is 4. The molecule has 4 aromatic carbocycles. The number of benzene rings is 4. The summed E-state index contributed by atoms with van der Waals surface area (Å²) >= 11 is 0. The van der Waals surface area contributed by atoms with Crippen LogP contribution >= 0.6 is 0 Å². The summed E-state index contributed by atoms with van der Waals surface area (Å²) in [6.45, 7) is 6.46. The van der Waals surface area contributed by atoms with E-state index >= 15 is 0 Å². The monoisotopic (exact) mass is 832 g/mol. The van der Waals surface area contributed by atoms with Gasteiger partial charge < -0.3 is 62.1 Å². The maximum Gasteiger partial charge on any atom is 0.414 e. The smallest absolute Gasteiger partial charge is 0.414 e. The summed E-state index contributed by atoms with van der Waals surface area (Å²) < 4.78 is 0. The van der Waals surface area contributed by atoms with Crippen LogP contribution < -0.4 is 21.3 Å². The van der Waals surface area contributed by atoms with E-state index in [9.17, 15) is 20.4 Å². The third-order valence-electron chi connectivity index (χ3n) is 10.0. The number of aliphatic carboxylic acids is 4. The van der Waals surface area contributed by atoms with Gasteiger partial charge in [0.1, 0.15) is 0 Å². The zero-order chi connectivity index (χ0) is 43.9. The summed E-state index contributed by atoms with van der Waals surface area (Å²) in [7, 11) is 0. The van der Waals surface area contributed by atoms with Crippen molar-refractivity contribution in [1.29, 1.82) is 0 Å². The molecule has 12 N–H and O–H groups in total. The molecule has 4 heterocycles. The number of carboxylic acid groups (broad SMARTS) is 4. The molecule has 4 aliphatic heterocycles. The summed E-state index contributed by atoms with van der Waals surface area (Å²) in [6.07, 6.45) is -0.861. The average Bonchev–Trinajstić information content (AvgIpc) is 4.09. The van der Waals surface area contributed by atoms with Crippen LogP contribution in [0.1, 0.15) is 45.9 Å². The highest BCUT2D eigenvalue weighted by Crippen LogP contribution is 2.24. The van der Waals surface area contributed by atoms with Crippen molar-refractivity contribution in [3.05, 3.63) is 144 Å². The molecule has 4 fully saturated rings. The fourth-order valence-electron chi connectivity index (χ4n) is 6.82. The number of rotatable bonds is 4. The van der Waals surface area contributed by atoms with Gasteiger partial charge in [0.05, 0.1) is 24.4 Å². The third-order valence-corrected chi connectivity index (χ3v) is 10.0. The topological polar surface area (TPSA) is 278 Å². The highest BCUT2D eigenvalue weighted by atomic mass is 16.4. The molecule has 0 amide bonds. The number of carboxylic acids is 4. The number of nitrogens with one attached hydrogen (secondary N) is 4. The van der Waals surface area contributed by atoms with E-state index in [1.807, 2.05) is 72.8 Å². The molecule has 4 aromatic rings. The number of hydrogen-bond donors (Lipinski definition) is 12. The second-order valence-corrected chi connectivity index (χ2v) is 14.2. The van der Waals surface area contributed by atoms with Crippen molar-refractivity contribution in [3.8, 4) is 0 Å². The van der Waals surface area contributed by atoms with Crippen LogP contribution in [0.15, 0.2) is 121 Å². The molecule has 0 saturated carbocycles. The van der Waals surface area contributed by atoms with Gasteiger partial charge in [0.25, 0.3) is 0 Å². The molecular weight excluding hydrogens is 776 g/mol. The predicted octanol–water partition coefficient (Wildman–Crippen LogP) is 1.25. The lowest BCUT2D eigenvalue weighted by Crippen LogP contribution is -2.15. The molecule has 0 bridgehead atoms. The number of β-amino-alcohol motifs (C(OH)–C–C–N with tert-alkyl or cyclic N) is 4. The first-order valence-corrected chi connectivity index (χ1v) is 19.5. The Bertz CT molecular complexity index is 1570. The molecule has 16 nitrogen and oxygen atoms in total. The van der Waals surface area contributed by atoms with Crippen LogP contribution in [0.5, 0.6) is 0 Å². The molecule has 4 aliphatic rings. The zero-order valence-corrected chi connectivity index (χ0v) is 33.0. The molecule has 60 heavy (non-hydrogen) atoms. The van der Waals surface area contributed by atoms with Gasteiger partial charge in [0.15, 0.2) is 0 Å². The van der Waals surface area contributed by atoms with Crippen molar-refractivity contribution in [2.75, 3.05) is 52.4 Å². The number of aliphatic hydroxyl groups is 4. The second kappa shape index (κ2) is 26.5. The van der Waals surface area contributed by atoms with E-state index in [-0.39, 0.29) is 48.1 Å². The van der Waals surface area contributed by atoms with Crippen LogP contribution in [0.4, 0.5) is 0 Å². The van der Waals surface area contributed by atoms with Gasteiger partial charge in [-0.25, -0.2) is 19.2 Å². The summed E-state index contributed by atoms with van der Waals surface area (Å²) in [5.41, 5.74) is 4.93. The largest absolute Gasteiger partial charge is 0.473 e. The number of hydrogen-bond acceptors (Lipinski definition) is 12. The highest BCUT2D eigenvalue weighted by Gasteiger charge is 2.28. The predicted molar refractivity (Wildman–Crippen MR) is 223 cm³/mol. The lowest BCUT2D eigenvalue weighted by atomic mass is 9.96. The summed E-state index contributed by atoms with van der Waals surface area (Å²) in [6, 6.07) is 40.7. The Kier molecular flexibility index (Phi) is 21.6. The van der Waals surface area contributed by atoms with Gasteiger partial charge in [-0.2, -0.15) is 0 Å². The van der Waals surface area contributed by atoms with Gasteiger partial charge in [0, 0.05) is 76.0 Å². The van der Waals surface area contributed by atoms with Crippen LogP contribution in [0, 0.1) is 0 Å². The van der Waals surface area contributed by atoms with Gasteiger partial charge in [-0.1, -0.05) is 121 Å². The van der Waals surface area contributed by atoms with Gasteiger partial charge in [-0.3, -0.25) is 0 Å². The van der Waals surface area contributed by atoms with Gasteiger partial charge in [0.2, 0.25) is 0 Å². The minimum absolute atomic E-state index is 0.215. The van der Waals surface area contributed by atoms with Crippen LogP contribution in [0.25, 0.3) is 0 Å². The number of aliphatic hydroxyl groups excluding tert-OH is 4. The van der Waals surface area contributed by atoms with Gasteiger partial charge >= 0.3 is 23.9 Å². The van der Waals surface area contributed by atoms with E-state index in [0.717, 1.165) is 52.4 Å². The highest BCUT2D eigenvalue weighted by molar-refractivity contribution is 6.27. The van der Waals surface area contributed by atoms with E-state index in [1.54, 1.807) is 0 Å². The molecular formula is C44H56N4O12. The van der Waals surface area contributed by atoms with E-state index in [4.69, 9.17) is 39.6 Å². The van der Waals surface area contributed by atoms with Crippen LogP contribution in [0.3, 0.4) is 0 Å². The minimum atomic E-state index is -1.82. The third kappa shape index (κ3) is 17.0. The average molecular weight is 833 g/mol. The molecule has 0 spiro atoms. The fourth-order valence-corrected chi connectivity index (χ4v) is 6.82. The molecule has 0 radical (unpaired) electrons. The van der Waals surface area contributed by atoms with Crippen LogP contribution in [-0.4, -0.2) is 142 Å². The van der Waals surface area contributed by atoms with Crippen molar-refractivity contribution in [1.82, 2.24) is 21.3 Å². The summed E-state index contributed by atoms with van der Waals surface area (Å²) in [5, 5.41) is 80.6. The van der Waals surface area contributed by atoms with E-state index in [1.165, 1.54) is 22.3 Å². The standard InChI is InChI=1S/4C10H13NO.2C2H2O4/c4*12-10-7-11-6-9(10)8-4-2-1-3-5-8;2*3-1(4)2(5)6/h4*1-5,9-12H,6-7H2;2*(H,3,4)(H,5,6)/t4*9-,10+;;/m1100../s1. The minimum Gasteiger partial charge on any atom is -0.473 e. The van der Waals surface area contributed by atoms with Crippen LogP contribution in [-0.2, 0) is 19.2 Å². The van der Waals surface area contributed by atoms with E-state index < -0.39 is 23.9 Å². The van der Waals surface area contributed by atoms with Crippen molar-refractivity contribution in [2.24, 2.45) is 0 Å². The van der Waals surface area contributed by atoms with E-state index in [2.05, 4.69) is 69.8 Å². The van der Waals surface area contributed by atoms with Crippen molar-refractivity contribution >= 4 is 23.9 Å². The van der Waals surface area contributed by atoms with Crippen LogP contribution in [0.2, 0.25) is 0 Å². The molecule has 4 saturated heterocycles. The Morgan fingerprint density at radius 2 is 0.483 bits per heavy atom. The van der Waals surface area contributed by atoms with Gasteiger partial charge in [-0.05, 0) is 22.3 Å². The SMILES string of the molecule is O=C(O)C(=O)O.O=C(O)C(=O)O.O[C@@H]1CNC[C@H]1c1ccccc1.O[C@@H]1CNC[C@H]1c1ccccc1.O[C@H]1CNC[C@@H]1c1ccccc1.O[C@H]1CNC[C@@H]1c1ccccc1. The first-order chi connectivity index (χ1) is 28.8. The lowest BCUT2D eigenvalue weighted by molar-refractivity contribution is -0.159. The lowest BCUT2D eigenvalue weighted by Gasteiger charge is -2.12. The van der Waals surface area contributed by atoms with Gasteiger partial charge in [-0.15, -0.1) is 0 Å². The molecule has 0 aromatic heterocycles. The Balaban J connectivity index is 0.000000197. The van der Waals surface area contributed by atoms with E-state index in [0.29, 0.717) is 0 Å². The summed E-state index contributed by atoms with van der Waals surface area (Å²) in [4.78, 5) is 36.4. The van der Waals surface area contributed by atoms with Crippen molar-refractivity contribution < 1.29 is 60.0 Å². The molecule has 8 atom stereocenters. The Labute approximate surface area is 348 Å². The molecule has 0 unspecified atom stereocenters. The van der Waals surface area contributed by atoms with Crippen molar-refractivity contribution in [3.63, 3.8) is 0 Å². The normalized spacial score (nSPS) is 24.7. The molecule has 0 aliphatic carbocycles. The summed E-state index contributed by atoms with van der Waals surface area (Å²) in [5.74, 6) is -6.16. The molecule has 8 rings (SSSR count). The maximum atomic E-state index is 9.58. The Morgan fingerprint density at radius 1 is 0.317 bits per heavy atom. The molecule has 324 valence electrons. The second-order valence-electron chi connectivity index (χ2n) is 14.2. The first-order valence-electron chi connectivity index (χ1n) is 19.5. The maximum absolute atomic E-state index is 9.58. The first kappa shape index (κ1) is 48.8. The quantitative estimate of drug-likeness (QED) is 0.129. The van der Waals surface area contributed by atoms with Crippen molar-refractivity contribution in [2.45, 2.75) is 48.1 Å². The fraction of sp³-hybridized carbons (Fsp3) is 0.364. The zero-order valence-electron chi connectivity index (χ0n) is 33.0. The Morgan fingerprint density at radius 3 is 0.600 bits per heavy atom. The molecule has 16 heteroatoms. The Hall–Kier alpha value is -5.56.